The lowest BCUT2D eigenvalue weighted by molar-refractivity contribution is -0.138. The van der Waals surface area contributed by atoms with Gasteiger partial charge in [-0.2, -0.15) is 5.10 Å². The molecule has 5 aliphatic carbocycles. The van der Waals surface area contributed by atoms with Gasteiger partial charge in [0.1, 0.15) is 34.7 Å². The molecule has 820 valence electrons. The lowest BCUT2D eigenvalue weighted by atomic mass is 9.80. The van der Waals surface area contributed by atoms with Gasteiger partial charge < -0.3 is 29.1 Å². The van der Waals surface area contributed by atoms with Crippen LogP contribution in [-0.2, 0) is 57.4 Å². The molecule has 0 spiro atoms. The Balaban J connectivity index is -0.0000000904. The molecule has 0 radical (unpaired) electrons. The summed E-state index contributed by atoms with van der Waals surface area (Å²) in [6, 6.07) is 1.74. The van der Waals surface area contributed by atoms with E-state index in [4.69, 9.17) is 9.47 Å². The SMILES string of the molecule is C.C.C.C.C.C.C.C.C.C.C.C.CC(C)C(=O)CC1CC1.CC(C)C(=O)CC1CCC1.CC(C)C(=O)CC1CCCC1.CC(C)C(=O)CC1CCCCC1.CC(C)C(=O)CC1CCCCCC1.CC(C)C(=O)CC1CCOCC1.CC(C)C(=O)N1CCOCC1.CC(C)C(=O)n1cccn1.CCCCCN(CC)C(=O)C(C)C.CCCCN(CC)C(=O)C(C)C.CCCN(CC)C(=O)C(C)C. The first-order chi connectivity index (χ1) is 58.5. The molecule has 1 aromatic heterocycles. The summed E-state index contributed by atoms with van der Waals surface area (Å²) in [5.41, 5.74) is 0. The lowest BCUT2D eigenvalue weighted by Gasteiger charge is -2.28. The molecule has 0 aromatic carbocycles. The Bertz CT molecular complexity index is 2840. The van der Waals surface area contributed by atoms with Gasteiger partial charge in [-0.3, -0.25) is 52.7 Å². The Morgan fingerprint density at radius 2 is 0.529 bits per heavy atom. The average Bonchev–Trinajstić information content (AvgIpc) is 1.69. The number of rotatable bonds is 35. The Hall–Kier alpha value is -5.30. The number of hydrogen-bond acceptors (Lipinski definition) is 14. The minimum Gasteiger partial charge on any atom is -0.381 e. The van der Waals surface area contributed by atoms with E-state index in [-0.39, 0.29) is 178 Å². The molecule has 0 atom stereocenters. The van der Waals surface area contributed by atoms with Gasteiger partial charge in [-0.25, -0.2) is 4.68 Å². The summed E-state index contributed by atoms with van der Waals surface area (Å²) in [5.74, 6) is 10.0. The zero-order valence-corrected chi connectivity index (χ0v) is 85.6. The number of nitrogens with zero attached hydrogens (tertiary/aromatic N) is 6. The fourth-order valence-electron chi connectivity index (χ4n) is 14.6. The van der Waals surface area contributed by atoms with Crippen LogP contribution in [0.3, 0.4) is 0 Å². The molecular weight excluding hydrogens is 1700 g/mol. The van der Waals surface area contributed by atoms with Crippen molar-refractivity contribution in [2.45, 2.75) is 501 Å². The van der Waals surface area contributed by atoms with Crippen LogP contribution in [0.5, 0.6) is 0 Å². The summed E-state index contributed by atoms with van der Waals surface area (Å²) in [5, 5.41) is 3.80. The van der Waals surface area contributed by atoms with Crippen LogP contribution in [0.1, 0.15) is 506 Å². The Morgan fingerprint density at radius 3 is 0.757 bits per heavy atom. The van der Waals surface area contributed by atoms with Gasteiger partial charge >= 0.3 is 0 Å². The third-order valence-electron chi connectivity index (χ3n) is 24.1. The number of ketones is 6. The highest BCUT2D eigenvalue weighted by atomic mass is 16.5. The van der Waals surface area contributed by atoms with Gasteiger partial charge in [0.15, 0.2) is 0 Å². The zero-order chi connectivity index (χ0) is 94.8. The normalized spacial score (nSPS) is 14.7. The van der Waals surface area contributed by atoms with Crippen molar-refractivity contribution in [3.63, 3.8) is 0 Å². The molecule has 19 nitrogen and oxygen atoms in total. The first kappa shape index (κ1) is 164. The number of hydrogen-bond donors (Lipinski definition) is 0. The van der Waals surface area contributed by atoms with Crippen LogP contribution in [0.2, 0.25) is 0 Å². The molecule has 1 aromatic rings. The number of unbranched alkanes of at least 4 members (excludes halogenated alkanes) is 3. The molecule has 19 heteroatoms. The van der Waals surface area contributed by atoms with Crippen LogP contribution >= 0.6 is 0 Å². The number of Topliss-reactive ketones (excluding diaryl/α,β-unsaturated/α-hetero) is 6. The number of morpholine rings is 1. The molecule has 0 unspecified atom stereocenters. The highest BCUT2D eigenvalue weighted by Gasteiger charge is 2.28. The first-order valence-electron chi connectivity index (χ1n) is 50.5. The molecule has 4 amide bonds. The second-order valence-corrected chi connectivity index (χ2v) is 39.6. The maximum Gasteiger partial charge on any atom is 0.249 e. The number of carbonyl (C=O) groups is 11. The molecule has 5 saturated carbocycles. The van der Waals surface area contributed by atoms with Crippen LogP contribution in [0.15, 0.2) is 18.5 Å². The Kier molecular flexibility index (Phi) is 122. The number of aromatic nitrogens is 2. The van der Waals surface area contributed by atoms with Gasteiger partial charge in [0, 0.05) is 182 Å². The predicted octanol–water partition coefficient (Wildman–Crippen LogP) is 32.2. The van der Waals surface area contributed by atoms with Gasteiger partial charge in [0.2, 0.25) is 29.5 Å². The number of ether oxygens (including phenoxy) is 2. The smallest absolute Gasteiger partial charge is 0.249 e. The second kappa shape index (κ2) is 101. The van der Waals surface area contributed by atoms with Crippen molar-refractivity contribution in [1.82, 2.24) is 29.4 Å². The highest BCUT2D eigenvalue weighted by molar-refractivity contribution is 5.84. The molecule has 0 bridgehead atoms. The van der Waals surface area contributed by atoms with Crippen molar-refractivity contribution in [3.8, 4) is 0 Å². The summed E-state index contributed by atoms with van der Waals surface area (Å²) in [6.07, 6.45) is 43.7. The molecular formula is C117H244N6O13. The number of carbonyl (C=O) groups excluding carboxylic acids is 11. The monoisotopic (exact) mass is 1940 g/mol. The fourth-order valence-corrected chi connectivity index (χ4v) is 14.6. The topological polar surface area (TPSA) is 237 Å². The van der Waals surface area contributed by atoms with Gasteiger partial charge in [-0.15, -0.1) is 0 Å². The van der Waals surface area contributed by atoms with Crippen molar-refractivity contribution in [2.75, 3.05) is 78.8 Å². The largest absolute Gasteiger partial charge is 0.381 e. The van der Waals surface area contributed by atoms with E-state index in [1.807, 2.05) is 193 Å². The summed E-state index contributed by atoms with van der Waals surface area (Å²) in [7, 11) is 0. The van der Waals surface area contributed by atoms with Crippen LogP contribution in [-0.4, -0.2) is 172 Å². The van der Waals surface area contributed by atoms with Crippen molar-refractivity contribution in [1.29, 1.82) is 0 Å². The Labute approximate surface area is 850 Å². The number of amides is 4. The average molecular weight is 1940 g/mol. The van der Waals surface area contributed by atoms with E-state index >= 15 is 0 Å². The van der Waals surface area contributed by atoms with E-state index in [1.54, 1.807) is 18.5 Å². The molecule has 3 heterocycles. The van der Waals surface area contributed by atoms with Crippen molar-refractivity contribution >= 4 is 64.2 Å². The van der Waals surface area contributed by atoms with Gasteiger partial charge in [-0.1, -0.05) is 397 Å². The summed E-state index contributed by atoms with van der Waals surface area (Å²) >= 11 is 0. The van der Waals surface area contributed by atoms with E-state index in [2.05, 4.69) is 25.9 Å². The van der Waals surface area contributed by atoms with E-state index in [1.165, 1.54) is 146 Å². The van der Waals surface area contributed by atoms with Crippen LogP contribution in [0.4, 0.5) is 0 Å². The first-order valence-corrected chi connectivity index (χ1v) is 50.5. The quantitative estimate of drug-likeness (QED) is 0.0454. The van der Waals surface area contributed by atoms with Gasteiger partial charge in [0.05, 0.1) is 13.2 Å². The molecule has 7 fully saturated rings. The molecule has 8 rings (SSSR count). The van der Waals surface area contributed by atoms with E-state index in [0.717, 1.165) is 160 Å². The fraction of sp³-hybridized carbons (Fsp3) is 0.880. The maximum absolute atomic E-state index is 11.6. The van der Waals surface area contributed by atoms with Crippen molar-refractivity contribution in [3.05, 3.63) is 18.5 Å². The van der Waals surface area contributed by atoms with Gasteiger partial charge in [-0.05, 0) is 107 Å². The van der Waals surface area contributed by atoms with Gasteiger partial charge in [0.25, 0.3) is 0 Å². The van der Waals surface area contributed by atoms with Crippen LogP contribution in [0, 0.1) is 101 Å². The third-order valence-corrected chi connectivity index (χ3v) is 24.1. The molecule has 2 aliphatic heterocycles. The van der Waals surface area contributed by atoms with Crippen LogP contribution in [0.25, 0.3) is 0 Å². The van der Waals surface area contributed by atoms with Crippen molar-refractivity contribution in [2.24, 2.45) is 101 Å². The van der Waals surface area contributed by atoms with E-state index in [9.17, 15) is 52.7 Å². The van der Waals surface area contributed by atoms with Crippen LogP contribution < -0.4 is 0 Å². The van der Waals surface area contributed by atoms with Crippen molar-refractivity contribution < 1.29 is 62.2 Å². The minimum atomic E-state index is 0. The maximum atomic E-state index is 11.6. The van der Waals surface area contributed by atoms with E-state index < -0.39 is 0 Å². The third kappa shape index (κ3) is 85.5. The second-order valence-electron chi connectivity index (χ2n) is 39.6. The molecule has 0 N–H and O–H groups in total. The predicted molar refractivity (Wildman–Crippen MR) is 597 cm³/mol. The molecule has 7 aliphatic rings. The summed E-state index contributed by atoms with van der Waals surface area (Å²) in [4.78, 5) is 132. The summed E-state index contributed by atoms with van der Waals surface area (Å²) in [6.45, 7) is 65.6. The standard InChI is InChI=1S/C12H22O.C11H23NO.C11H20O.C10H21NO.C10H18O2.C10H18O.C9H19NO.C9H16O.C8H15NO2.C8H14O.C7H10N2O.12CH4/c1-10(2)12(13)9-11-7-5-3-4-6-8-11;1-5-7-8-9-12(6-2)11(13)10(3)4;1-9(2)11(12)8-10-6-4-3-5-7-10;1-5-7-8-11(6-2)10(12)9(3)4;1-8(2)10(11)7-9-3-5-12-6-4-9;1-8(2)10(11)7-9-5-3-4-6-9;1-5-7-10(6-2)9(11)8(3)4;1-7(2)9(10)6-8-4-3-5-8;1-7(2)8(10)9-3-5-11-6-4-9;1-6(2)8(9)5-7-3-4-7;1-6(2)7(10)9-5-3-4-8-9;;;;;;;;;;;;/h10-11H,3-9H2,1-2H3;10H,5-9H2,1-4H3;9-10H,3-8H2,1-2H3;9H,5-8H2,1-4H3;8-9H,3-7H2,1-2H3;8-9H,3-7H2,1-2H3;8H,5-7H2,1-4H3;7-8H,3-6H2,1-2H3;7H,3-6H2,1-2H3;6-7H,3-5H2,1-2H3;3-6H,1-2H3;12*1H4. The lowest BCUT2D eigenvalue weighted by Crippen LogP contribution is -2.42. The minimum absolute atomic E-state index is 0. The highest BCUT2D eigenvalue weighted by Crippen LogP contribution is 2.34. The Morgan fingerprint density at radius 1 is 0.279 bits per heavy atom. The summed E-state index contributed by atoms with van der Waals surface area (Å²) < 4.78 is 11.7. The van der Waals surface area contributed by atoms with E-state index in [0.29, 0.717) is 71.6 Å². The molecule has 2 saturated heterocycles. The zero-order valence-electron chi connectivity index (χ0n) is 85.6. The molecule has 136 heavy (non-hydrogen) atoms.